The minimum absolute atomic E-state index is 0.0556. The second-order valence-corrected chi connectivity index (χ2v) is 0.260. The molecule has 0 radical (unpaired) electrons. The molecule has 0 N–H and O–H groups in total. The van der Waals surface area contributed by atoms with Crippen LogP contribution in [0.3, 0.4) is 0 Å². The van der Waals surface area contributed by atoms with E-state index in [9.17, 15) is 0 Å². The van der Waals surface area contributed by atoms with E-state index in [2.05, 4.69) is 0 Å². The van der Waals surface area contributed by atoms with Crippen molar-refractivity contribution in [1.82, 2.24) is 0 Å². The van der Waals surface area contributed by atoms with E-state index in [0.29, 0.717) is 16.2 Å². The van der Waals surface area contributed by atoms with Crippen LogP contribution in [0.5, 0.6) is 0 Å². The Bertz CT molecular complexity index is 47.7. The molecule has 0 aromatic carbocycles. The van der Waals surface area contributed by atoms with Crippen molar-refractivity contribution < 1.29 is 67.0 Å². The Morgan fingerprint density at radius 1 is 1.14 bits per heavy atom. The van der Waals surface area contributed by atoms with Crippen molar-refractivity contribution in [2.45, 2.75) is 0 Å². The van der Waals surface area contributed by atoms with Gasteiger partial charge in [-0.3, -0.25) is 0 Å². The molecular formula is HAlCeMnO4. The average Bonchev–Trinajstić information content (AvgIpc) is 1.78. The fraction of sp³-hybridized carbons (Fsp3) is 0. The van der Waals surface area contributed by atoms with Crippen LogP contribution < -0.4 is 0 Å². The Kier molecular flexibility index (Phi) is 110. The van der Waals surface area contributed by atoms with E-state index >= 15 is 0 Å². The first-order chi connectivity index (χ1) is 3.41. The van der Waals surface area contributed by atoms with E-state index in [-0.39, 0.29) is 39.8 Å². The Labute approximate surface area is 81.8 Å². The van der Waals surface area contributed by atoms with Crippen LogP contribution in [0.2, 0.25) is 0 Å². The van der Waals surface area contributed by atoms with Crippen molar-refractivity contribution in [2.75, 3.05) is 0 Å². The zero-order valence-corrected chi connectivity index (χ0v) is 8.95. The first-order valence-corrected chi connectivity index (χ1v) is 3.62. The summed E-state index contributed by atoms with van der Waals surface area (Å²) in [6, 6.07) is 0. The van der Waals surface area contributed by atoms with Gasteiger partial charge in [0.15, 0.2) is 0 Å². The van der Waals surface area contributed by atoms with Crippen molar-refractivity contribution in [1.29, 1.82) is 0 Å². The first-order valence-electron chi connectivity index (χ1n) is 0.801. The van der Waals surface area contributed by atoms with Crippen molar-refractivity contribution in [2.24, 2.45) is 0 Å². The van der Waals surface area contributed by atoms with Crippen LogP contribution in [0, 0.1) is 39.8 Å². The van der Waals surface area contributed by atoms with Crippen LogP contribution in [0.4, 0.5) is 0 Å². The van der Waals surface area contributed by atoms with Crippen LogP contribution in [-0.4, -0.2) is 16.2 Å². The molecule has 0 aliphatic carbocycles. The monoisotopic (exact) mass is 287 g/mol. The Morgan fingerprint density at radius 3 is 1.14 bits per heavy atom. The summed E-state index contributed by atoms with van der Waals surface area (Å²) in [6.07, 6.45) is 0. The van der Waals surface area contributed by atoms with Crippen molar-refractivity contribution in [3.63, 3.8) is 0 Å². The molecule has 0 aromatic rings. The van der Waals surface area contributed by atoms with Crippen LogP contribution >= 0.6 is 0 Å². The van der Waals surface area contributed by atoms with Gasteiger partial charge in [-0.05, 0) is 0 Å². The molecular weight excluding hydrogens is 286 g/mol. The minimum atomic E-state index is -1.44. The second-order valence-electron chi connectivity index (χ2n) is 0.0630. The van der Waals surface area contributed by atoms with E-state index < -0.39 is 14.8 Å². The molecule has 7 heavy (non-hydrogen) atoms. The molecule has 0 unspecified atom stereocenters. The summed E-state index contributed by atoms with van der Waals surface area (Å²) in [6.45, 7) is 0. The Hall–Kier alpha value is 1.63. The van der Waals surface area contributed by atoms with E-state index in [1.54, 1.807) is 0 Å². The number of rotatable bonds is 0. The van der Waals surface area contributed by atoms with Crippen LogP contribution in [0.15, 0.2) is 0 Å². The summed E-state index contributed by atoms with van der Waals surface area (Å²) in [5.74, 6) is 0. The van der Waals surface area contributed by atoms with Gasteiger partial charge in [0.25, 0.3) is 0 Å². The summed E-state index contributed by atoms with van der Waals surface area (Å²) < 4.78 is 33.5. The molecule has 4 nitrogen and oxygen atoms in total. The van der Waals surface area contributed by atoms with Gasteiger partial charge in [0.2, 0.25) is 0 Å². The Balaban J connectivity index is -0.0000000360. The Morgan fingerprint density at radius 2 is 1.14 bits per heavy atom. The van der Waals surface area contributed by atoms with Gasteiger partial charge in [-0.1, -0.05) is 0 Å². The summed E-state index contributed by atoms with van der Waals surface area (Å²) in [5, 5.41) is 0. The molecule has 0 aliphatic heterocycles. The van der Waals surface area contributed by atoms with Crippen LogP contribution in [0.25, 0.3) is 0 Å². The molecule has 0 saturated heterocycles. The van der Waals surface area contributed by atoms with Gasteiger partial charge in [0, 0.05) is 0 Å². The average molecular weight is 287 g/mol. The maximum atomic E-state index is 8.41. The SMILES string of the molecule is [O]=[AlH].[O]=[Ce].[O]=[Mn]=[O]. The zero-order chi connectivity index (χ0) is 6.71. The topological polar surface area (TPSA) is 68.3 Å². The molecule has 0 atom stereocenters. The number of hydrogen-bond acceptors (Lipinski definition) is 4. The summed E-state index contributed by atoms with van der Waals surface area (Å²) >= 11 is -0.771. The molecule has 0 saturated carbocycles. The van der Waals surface area contributed by atoms with Gasteiger partial charge in [-0.15, -0.1) is 0 Å². The normalized spacial score (nSPS) is 2.57. The van der Waals surface area contributed by atoms with Gasteiger partial charge < -0.3 is 0 Å². The van der Waals surface area contributed by atoms with Crippen molar-refractivity contribution in [3.8, 4) is 0 Å². The molecule has 0 rings (SSSR count). The molecule has 0 aliphatic rings. The van der Waals surface area contributed by atoms with E-state index in [1.165, 1.54) is 0 Å². The second kappa shape index (κ2) is 48.5. The molecule has 0 fully saturated rings. The fourth-order valence-corrected chi connectivity index (χ4v) is 0. The predicted molar refractivity (Wildman–Crippen MR) is 9.89 cm³/mol. The summed E-state index contributed by atoms with van der Waals surface area (Å²) in [5.41, 5.74) is 0. The van der Waals surface area contributed by atoms with Gasteiger partial charge >= 0.3 is 83.2 Å². The van der Waals surface area contributed by atoms with Gasteiger partial charge in [-0.25, -0.2) is 0 Å². The van der Waals surface area contributed by atoms with E-state index in [4.69, 9.17) is 12.4 Å². The molecule has 7 heteroatoms. The molecule has 0 bridgehead atoms. The molecule has 0 amide bonds. The standard InChI is InChI=1S/Al.Ce.Mn.4O.H. The molecule has 0 heterocycles. The third-order valence-corrected chi connectivity index (χ3v) is 0. The molecule has 0 spiro atoms. The maximum absolute atomic E-state index is 8.41. The zero-order valence-electron chi connectivity index (χ0n) is 3.22. The van der Waals surface area contributed by atoms with Crippen molar-refractivity contribution in [3.05, 3.63) is 0 Å². The quantitative estimate of drug-likeness (QED) is 0.529. The van der Waals surface area contributed by atoms with Gasteiger partial charge in [0.05, 0.1) is 0 Å². The first kappa shape index (κ1) is 15.8. The summed E-state index contributed by atoms with van der Waals surface area (Å²) in [4.78, 5) is 0. The third-order valence-electron chi connectivity index (χ3n) is 0. The third kappa shape index (κ3) is 91.1. The molecule has 0 aromatic heterocycles. The van der Waals surface area contributed by atoms with E-state index in [0.717, 1.165) is 0 Å². The number of hydrogen-bond donors (Lipinski definition) is 0. The predicted octanol–water partition coefficient (Wildman–Crippen LogP) is -1.13. The van der Waals surface area contributed by atoms with Crippen LogP contribution in [0.1, 0.15) is 0 Å². The van der Waals surface area contributed by atoms with Gasteiger partial charge in [-0.2, -0.15) is 0 Å². The van der Waals surface area contributed by atoms with Crippen LogP contribution in [-0.2, 0) is 27.2 Å². The summed E-state index contributed by atoms with van der Waals surface area (Å²) in [7, 11) is 0. The van der Waals surface area contributed by atoms with Crippen molar-refractivity contribution >= 4 is 16.2 Å². The van der Waals surface area contributed by atoms with Gasteiger partial charge in [0.1, 0.15) is 0 Å². The van der Waals surface area contributed by atoms with E-state index in [1.807, 2.05) is 0 Å². The molecule has 39 valence electrons. The fourth-order valence-electron chi connectivity index (χ4n) is 0.